The molecule has 4 nitrogen and oxygen atoms in total. The van der Waals surface area contributed by atoms with Crippen LogP contribution in [0.3, 0.4) is 0 Å². The lowest BCUT2D eigenvalue weighted by atomic mass is 9.84. The van der Waals surface area contributed by atoms with E-state index in [1.54, 1.807) is 0 Å². The summed E-state index contributed by atoms with van der Waals surface area (Å²) < 4.78 is 2.24. The monoisotopic (exact) mass is 222 g/mol. The van der Waals surface area contributed by atoms with E-state index in [0.717, 1.165) is 37.5 Å². The van der Waals surface area contributed by atoms with Crippen molar-refractivity contribution < 1.29 is 0 Å². The maximum Gasteiger partial charge on any atom is 0.140 e. The summed E-state index contributed by atoms with van der Waals surface area (Å²) in [5, 5.41) is 8.59. The zero-order chi connectivity index (χ0) is 11.8. The van der Waals surface area contributed by atoms with Crippen molar-refractivity contribution in [2.45, 2.75) is 64.5 Å². The summed E-state index contributed by atoms with van der Waals surface area (Å²) in [6, 6.07) is 0.228. The van der Waals surface area contributed by atoms with Crippen molar-refractivity contribution in [1.82, 2.24) is 14.8 Å². The maximum atomic E-state index is 6.24. The molecule has 0 saturated heterocycles. The molecule has 2 N–H and O–H groups in total. The van der Waals surface area contributed by atoms with Crippen LogP contribution in [0.2, 0.25) is 0 Å². The van der Waals surface area contributed by atoms with Crippen molar-refractivity contribution >= 4 is 0 Å². The van der Waals surface area contributed by atoms with Gasteiger partial charge in [-0.15, -0.1) is 10.2 Å². The van der Waals surface area contributed by atoms with Gasteiger partial charge in [0, 0.05) is 18.0 Å². The molecule has 2 atom stereocenters. The van der Waals surface area contributed by atoms with Crippen LogP contribution in [0, 0.1) is 6.92 Å². The molecular weight excluding hydrogens is 200 g/mol. The zero-order valence-corrected chi connectivity index (χ0v) is 10.5. The minimum absolute atomic E-state index is 0.0242. The van der Waals surface area contributed by atoms with Gasteiger partial charge in [-0.3, -0.25) is 0 Å². The first-order valence-electron chi connectivity index (χ1n) is 6.25. The summed E-state index contributed by atoms with van der Waals surface area (Å²) in [6.45, 7) is 7.44. The molecule has 0 bridgehead atoms. The highest BCUT2D eigenvalue weighted by atomic mass is 15.3. The summed E-state index contributed by atoms with van der Waals surface area (Å²) in [6.07, 6.45) is 4.55. The lowest BCUT2D eigenvalue weighted by Crippen LogP contribution is -2.40. The molecule has 1 fully saturated rings. The van der Waals surface area contributed by atoms with Crippen molar-refractivity contribution in [3.8, 4) is 0 Å². The number of aromatic nitrogens is 3. The molecule has 2 unspecified atom stereocenters. The molecule has 1 saturated carbocycles. The summed E-state index contributed by atoms with van der Waals surface area (Å²) in [4.78, 5) is 0. The van der Waals surface area contributed by atoms with E-state index in [1.165, 1.54) is 6.42 Å². The minimum atomic E-state index is 0.0242. The van der Waals surface area contributed by atoms with E-state index in [9.17, 15) is 0 Å². The molecule has 16 heavy (non-hydrogen) atoms. The molecule has 4 heteroatoms. The molecule has 1 aliphatic carbocycles. The van der Waals surface area contributed by atoms with Crippen LogP contribution in [0.4, 0.5) is 0 Å². The van der Waals surface area contributed by atoms with Gasteiger partial charge in [0.05, 0.1) is 0 Å². The first-order valence-corrected chi connectivity index (χ1v) is 6.25. The molecule has 1 heterocycles. The molecule has 0 aliphatic heterocycles. The number of hydrogen-bond donors (Lipinski definition) is 1. The standard InChI is InChI=1S/C12H22N4/c1-4-8-16-9(2)14-15-11(16)12(3)7-5-6-10(12)13/h10H,4-8,13H2,1-3H3. The maximum absolute atomic E-state index is 6.24. The molecule has 90 valence electrons. The van der Waals surface area contributed by atoms with Crippen LogP contribution in [0.15, 0.2) is 0 Å². The Morgan fingerprint density at radius 2 is 2.25 bits per heavy atom. The third-order valence-electron chi connectivity index (χ3n) is 3.92. The molecule has 1 aliphatic rings. The lowest BCUT2D eigenvalue weighted by molar-refractivity contribution is 0.381. The van der Waals surface area contributed by atoms with E-state index in [0.29, 0.717) is 0 Å². The SMILES string of the molecule is CCCn1c(C)nnc1C1(C)CCCC1N. The van der Waals surface area contributed by atoms with E-state index in [4.69, 9.17) is 5.73 Å². The van der Waals surface area contributed by atoms with Crippen molar-refractivity contribution in [2.75, 3.05) is 0 Å². The zero-order valence-electron chi connectivity index (χ0n) is 10.5. The fraction of sp³-hybridized carbons (Fsp3) is 0.833. The normalized spacial score (nSPS) is 29.9. The van der Waals surface area contributed by atoms with Gasteiger partial charge in [0.2, 0.25) is 0 Å². The molecule has 0 aromatic carbocycles. The quantitative estimate of drug-likeness (QED) is 0.848. The van der Waals surface area contributed by atoms with Gasteiger partial charge in [-0.25, -0.2) is 0 Å². The average molecular weight is 222 g/mol. The Bertz CT molecular complexity index is 371. The Morgan fingerprint density at radius 3 is 2.81 bits per heavy atom. The highest BCUT2D eigenvalue weighted by molar-refractivity contribution is 5.16. The van der Waals surface area contributed by atoms with Gasteiger partial charge in [0.1, 0.15) is 11.6 Å². The topological polar surface area (TPSA) is 56.7 Å². The van der Waals surface area contributed by atoms with Crippen LogP contribution in [0.25, 0.3) is 0 Å². The molecule has 0 spiro atoms. The van der Waals surface area contributed by atoms with Gasteiger partial charge in [0.15, 0.2) is 0 Å². The highest BCUT2D eigenvalue weighted by Crippen LogP contribution is 2.39. The first kappa shape index (κ1) is 11.6. The van der Waals surface area contributed by atoms with Crippen LogP contribution in [-0.4, -0.2) is 20.8 Å². The Balaban J connectivity index is 2.39. The van der Waals surface area contributed by atoms with E-state index in [2.05, 4.69) is 28.6 Å². The smallest absolute Gasteiger partial charge is 0.140 e. The fourth-order valence-electron chi connectivity index (χ4n) is 2.77. The second kappa shape index (κ2) is 4.17. The van der Waals surface area contributed by atoms with Crippen molar-refractivity contribution in [2.24, 2.45) is 5.73 Å². The first-order chi connectivity index (χ1) is 7.59. The molecule has 0 amide bonds. The van der Waals surface area contributed by atoms with Crippen LogP contribution >= 0.6 is 0 Å². The number of hydrogen-bond acceptors (Lipinski definition) is 3. The number of rotatable bonds is 3. The van der Waals surface area contributed by atoms with Crippen LogP contribution in [0.1, 0.15) is 51.2 Å². The van der Waals surface area contributed by atoms with Crippen LogP contribution in [-0.2, 0) is 12.0 Å². The molecule has 0 radical (unpaired) electrons. The summed E-state index contributed by atoms with van der Waals surface area (Å²) in [5.41, 5.74) is 6.26. The summed E-state index contributed by atoms with van der Waals surface area (Å²) in [5.74, 6) is 2.11. The molecular formula is C12H22N4. The minimum Gasteiger partial charge on any atom is -0.327 e. The summed E-state index contributed by atoms with van der Waals surface area (Å²) >= 11 is 0. The average Bonchev–Trinajstić information content (AvgIpc) is 2.76. The van der Waals surface area contributed by atoms with E-state index >= 15 is 0 Å². The highest BCUT2D eigenvalue weighted by Gasteiger charge is 2.42. The van der Waals surface area contributed by atoms with Crippen molar-refractivity contribution in [3.63, 3.8) is 0 Å². The lowest BCUT2D eigenvalue weighted by Gasteiger charge is -2.28. The third kappa shape index (κ3) is 1.65. The van der Waals surface area contributed by atoms with Gasteiger partial charge in [-0.2, -0.15) is 0 Å². The van der Waals surface area contributed by atoms with E-state index < -0.39 is 0 Å². The predicted molar refractivity (Wildman–Crippen MR) is 64.2 cm³/mol. The van der Waals surface area contributed by atoms with Gasteiger partial charge < -0.3 is 10.3 Å². The van der Waals surface area contributed by atoms with Gasteiger partial charge in [-0.05, 0) is 26.2 Å². The van der Waals surface area contributed by atoms with Crippen molar-refractivity contribution in [1.29, 1.82) is 0 Å². The summed E-state index contributed by atoms with van der Waals surface area (Å²) in [7, 11) is 0. The molecule has 1 aromatic rings. The predicted octanol–water partition coefficient (Wildman–Crippen LogP) is 1.77. The van der Waals surface area contributed by atoms with Crippen molar-refractivity contribution in [3.05, 3.63) is 11.6 Å². The number of nitrogens with zero attached hydrogens (tertiary/aromatic N) is 3. The number of nitrogens with two attached hydrogens (primary N) is 1. The Labute approximate surface area is 97.2 Å². The van der Waals surface area contributed by atoms with Gasteiger partial charge in [-0.1, -0.05) is 20.3 Å². The van der Waals surface area contributed by atoms with Crippen LogP contribution < -0.4 is 5.73 Å². The largest absolute Gasteiger partial charge is 0.327 e. The Hall–Kier alpha value is -0.900. The second-order valence-electron chi connectivity index (χ2n) is 5.14. The molecule has 2 rings (SSSR count). The molecule has 1 aromatic heterocycles. The van der Waals surface area contributed by atoms with E-state index in [-0.39, 0.29) is 11.5 Å². The third-order valence-corrected chi connectivity index (χ3v) is 3.92. The van der Waals surface area contributed by atoms with Gasteiger partial charge >= 0.3 is 0 Å². The van der Waals surface area contributed by atoms with Gasteiger partial charge in [0.25, 0.3) is 0 Å². The van der Waals surface area contributed by atoms with Crippen LogP contribution in [0.5, 0.6) is 0 Å². The number of aryl methyl sites for hydroxylation is 1. The fourth-order valence-corrected chi connectivity index (χ4v) is 2.77. The second-order valence-corrected chi connectivity index (χ2v) is 5.14. The Morgan fingerprint density at radius 1 is 1.50 bits per heavy atom. The van der Waals surface area contributed by atoms with E-state index in [1.807, 2.05) is 6.92 Å². The Kier molecular flexibility index (Phi) is 3.02.